The van der Waals surface area contributed by atoms with Gasteiger partial charge in [0.1, 0.15) is 11.6 Å². The van der Waals surface area contributed by atoms with Crippen LogP contribution in [0.25, 0.3) is 22.3 Å². The van der Waals surface area contributed by atoms with Crippen molar-refractivity contribution in [2.45, 2.75) is 24.4 Å². The molecule has 0 aliphatic carbocycles. The summed E-state index contributed by atoms with van der Waals surface area (Å²) >= 11 is 0. The summed E-state index contributed by atoms with van der Waals surface area (Å²) in [7, 11) is -3.48. The number of anilines is 1. The molecule has 0 spiro atoms. The first-order chi connectivity index (χ1) is 17.6. The fourth-order valence-corrected chi connectivity index (χ4v) is 4.53. The summed E-state index contributed by atoms with van der Waals surface area (Å²) in [5.41, 5.74) is 8.72. The highest BCUT2D eigenvalue weighted by Crippen LogP contribution is 2.30. The van der Waals surface area contributed by atoms with Gasteiger partial charge in [-0.1, -0.05) is 18.2 Å². The number of amides is 1. The van der Waals surface area contributed by atoms with E-state index in [1.165, 1.54) is 30.3 Å². The van der Waals surface area contributed by atoms with Gasteiger partial charge in [0.25, 0.3) is 5.91 Å². The number of sulfone groups is 1. The number of carbonyl (C=O) groups is 1. The number of aliphatic hydroxyl groups excluding tert-OH is 1. The van der Waals surface area contributed by atoms with Crippen LogP contribution in [0.4, 0.5) is 10.2 Å². The Bertz CT molecular complexity index is 1570. The topological polar surface area (TPSA) is 140 Å². The summed E-state index contributed by atoms with van der Waals surface area (Å²) in [6.07, 6.45) is 6.25. The van der Waals surface area contributed by atoms with E-state index in [1.54, 1.807) is 35.3 Å². The summed E-state index contributed by atoms with van der Waals surface area (Å²) < 4.78 is 40.6. The van der Waals surface area contributed by atoms with Crippen molar-refractivity contribution in [1.82, 2.24) is 20.1 Å². The van der Waals surface area contributed by atoms with E-state index in [9.17, 15) is 18.3 Å². The van der Waals surface area contributed by atoms with Crippen LogP contribution in [0.15, 0.2) is 72.0 Å². The van der Waals surface area contributed by atoms with Crippen molar-refractivity contribution in [1.29, 1.82) is 0 Å². The van der Waals surface area contributed by atoms with E-state index in [2.05, 4.69) is 15.4 Å². The summed E-state index contributed by atoms with van der Waals surface area (Å²) in [5.74, 6) is -1.35. The molecule has 0 saturated heterocycles. The number of aliphatic hydroxyl groups is 1. The van der Waals surface area contributed by atoms with Crippen molar-refractivity contribution in [3.05, 3.63) is 84.1 Å². The molecular formula is C26H26FN5O4S. The number of carbonyl (C=O) groups excluding carboxylic acids is 1. The minimum absolute atomic E-state index is 0.0451. The van der Waals surface area contributed by atoms with Gasteiger partial charge in [-0.2, -0.15) is 5.10 Å². The fraction of sp³-hybridized carbons (Fsp3) is 0.192. The molecule has 4 aromatic rings. The second-order valence-electron chi connectivity index (χ2n) is 8.49. The Morgan fingerprint density at radius 1 is 1.14 bits per heavy atom. The Hall–Kier alpha value is -4.09. The molecule has 11 heteroatoms. The lowest BCUT2D eigenvalue weighted by molar-refractivity contribution is 0.0912. The SMILES string of the molecule is CCn1cc(-c2cnc(N)c(-c3ccc(C(=O)N[C@H](CO)c4cccc(S(C)(=O)=O)c4)c(F)c3)c2)cn1. The van der Waals surface area contributed by atoms with E-state index in [-0.39, 0.29) is 16.3 Å². The number of pyridine rings is 1. The number of hydrogen-bond acceptors (Lipinski definition) is 7. The Labute approximate surface area is 213 Å². The van der Waals surface area contributed by atoms with Gasteiger partial charge in [0, 0.05) is 41.9 Å². The predicted octanol–water partition coefficient (Wildman–Crippen LogP) is 3.22. The molecule has 1 atom stereocenters. The largest absolute Gasteiger partial charge is 0.394 e. The van der Waals surface area contributed by atoms with Gasteiger partial charge in [0.05, 0.1) is 29.3 Å². The molecule has 0 aliphatic heterocycles. The number of benzene rings is 2. The first-order valence-electron chi connectivity index (χ1n) is 11.4. The fourth-order valence-electron chi connectivity index (χ4n) is 3.85. The van der Waals surface area contributed by atoms with Gasteiger partial charge in [-0.15, -0.1) is 0 Å². The Morgan fingerprint density at radius 3 is 2.57 bits per heavy atom. The molecule has 192 valence electrons. The summed E-state index contributed by atoms with van der Waals surface area (Å²) in [6.45, 7) is 2.17. The number of hydrogen-bond donors (Lipinski definition) is 3. The normalized spacial score (nSPS) is 12.3. The van der Waals surface area contributed by atoms with Crippen LogP contribution in [-0.4, -0.2) is 47.1 Å². The Kier molecular flexibility index (Phi) is 7.37. The molecule has 4 rings (SSSR count). The first-order valence-corrected chi connectivity index (χ1v) is 13.3. The van der Waals surface area contributed by atoms with E-state index >= 15 is 4.39 Å². The van der Waals surface area contributed by atoms with E-state index in [4.69, 9.17) is 5.73 Å². The first kappa shape index (κ1) is 26.0. The lowest BCUT2D eigenvalue weighted by atomic mass is 10.0. The summed E-state index contributed by atoms with van der Waals surface area (Å²) in [4.78, 5) is 17.1. The maximum atomic E-state index is 15.1. The quantitative estimate of drug-likeness (QED) is 0.322. The zero-order valence-electron chi connectivity index (χ0n) is 20.2. The molecule has 2 aromatic carbocycles. The lowest BCUT2D eigenvalue weighted by Gasteiger charge is -2.18. The molecule has 0 radical (unpaired) electrons. The average molecular weight is 524 g/mol. The zero-order valence-corrected chi connectivity index (χ0v) is 21.0. The second kappa shape index (κ2) is 10.5. The van der Waals surface area contributed by atoms with Crippen LogP contribution in [0.2, 0.25) is 0 Å². The molecule has 0 aliphatic rings. The van der Waals surface area contributed by atoms with Crippen molar-refractivity contribution in [3.8, 4) is 22.3 Å². The molecule has 0 fully saturated rings. The van der Waals surface area contributed by atoms with Crippen molar-refractivity contribution in [2.24, 2.45) is 0 Å². The van der Waals surface area contributed by atoms with Crippen molar-refractivity contribution in [3.63, 3.8) is 0 Å². The highest BCUT2D eigenvalue weighted by Gasteiger charge is 2.20. The number of nitrogens with two attached hydrogens (primary N) is 1. The number of aryl methyl sites for hydroxylation is 1. The number of nitrogens with one attached hydrogen (secondary N) is 1. The van der Waals surface area contributed by atoms with Gasteiger partial charge in [0.2, 0.25) is 0 Å². The average Bonchev–Trinajstić information content (AvgIpc) is 3.36. The highest BCUT2D eigenvalue weighted by atomic mass is 32.2. The molecule has 0 bridgehead atoms. The van der Waals surface area contributed by atoms with Gasteiger partial charge in [-0.05, 0) is 48.4 Å². The minimum Gasteiger partial charge on any atom is -0.394 e. The van der Waals surface area contributed by atoms with Gasteiger partial charge in [0.15, 0.2) is 9.84 Å². The standard InChI is InChI=1S/C26H26FN5O4S/c1-3-32-14-19(13-30-32)18-10-22(25(28)29-12-18)16-7-8-21(23(27)11-16)26(34)31-24(15-33)17-5-4-6-20(9-17)37(2,35)36/h4-14,24,33H,3,15H2,1-2H3,(H2,28,29)(H,31,34)/t24-/m1/s1. The monoisotopic (exact) mass is 523 g/mol. The van der Waals surface area contributed by atoms with Crippen molar-refractivity contribution in [2.75, 3.05) is 18.6 Å². The second-order valence-corrected chi connectivity index (χ2v) is 10.5. The van der Waals surface area contributed by atoms with Crippen LogP contribution in [0, 0.1) is 5.82 Å². The summed E-state index contributed by atoms with van der Waals surface area (Å²) in [6, 6.07) is 10.8. The number of aromatic nitrogens is 3. The van der Waals surface area contributed by atoms with Crippen molar-refractivity contribution < 1.29 is 22.7 Å². The predicted molar refractivity (Wildman–Crippen MR) is 138 cm³/mol. The maximum Gasteiger partial charge on any atom is 0.254 e. The number of halogens is 1. The smallest absolute Gasteiger partial charge is 0.254 e. The molecule has 4 N–H and O–H groups in total. The highest BCUT2D eigenvalue weighted by molar-refractivity contribution is 7.90. The molecule has 2 aromatic heterocycles. The third-order valence-electron chi connectivity index (χ3n) is 5.91. The maximum absolute atomic E-state index is 15.1. The van der Waals surface area contributed by atoms with Gasteiger partial charge in [-0.25, -0.2) is 17.8 Å². The van der Waals surface area contributed by atoms with Crippen LogP contribution in [0.1, 0.15) is 28.9 Å². The molecule has 2 heterocycles. The lowest BCUT2D eigenvalue weighted by Crippen LogP contribution is -2.31. The number of nitrogens with zero attached hydrogens (tertiary/aromatic N) is 3. The molecular weight excluding hydrogens is 497 g/mol. The Balaban J connectivity index is 1.59. The van der Waals surface area contributed by atoms with E-state index in [0.29, 0.717) is 23.2 Å². The molecule has 37 heavy (non-hydrogen) atoms. The van der Waals surface area contributed by atoms with Crippen LogP contribution in [0.3, 0.4) is 0 Å². The third kappa shape index (κ3) is 5.68. The van der Waals surface area contributed by atoms with Crippen molar-refractivity contribution >= 4 is 21.6 Å². The van der Waals surface area contributed by atoms with Gasteiger partial charge >= 0.3 is 0 Å². The van der Waals surface area contributed by atoms with Crippen LogP contribution in [-0.2, 0) is 16.4 Å². The van der Waals surface area contributed by atoms with Crippen LogP contribution >= 0.6 is 0 Å². The Morgan fingerprint density at radius 2 is 1.92 bits per heavy atom. The minimum atomic E-state index is -3.48. The molecule has 9 nitrogen and oxygen atoms in total. The van der Waals surface area contributed by atoms with E-state index in [0.717, 1.165) is 17.4 Å². The molecule has 1 amide bonds. The number of rotatable bonds is 8. The molecule has 0 unspecified atom stereocenters. The third-order valence-corrected chi connectivity index (χ3v) is 7.02. The zero-order chi connectivity index (χ0) is 26.7. The van der Waals surface area contributed by atoms with E-state index < -0.39 is 34.2 Å². The van der Waals surface area contributed by atoms with Crippen LogP contribution < -0.4 is 11.1 Å². The van der Waals surface area contributed by atoms with Crippen LogP contribution in [0.5, 0.6) is 0 Å². The van der Waals surface area contributed by atoms with E-state index in [1.807, 2.05) is 13.1 Å². The number of nitrogen functional groups attached to an aromatic ring is 1. The summed E-state index contributed by atoms with van der Waals surface area (Å²) in [5, 5.41) is 16.6. The molecule has 0 saturated carbocycles. The van der Waals surface area contributed by atoms with Gasteiger partial charge < -0.3 is 16.2 Å². The van der Waals surface area contributed by atoms with Gasteiger partial charge in [-0.3, -0.25) is 9.48 Å².